The van der Waals surface area contributed by atoms with Crippen LogP contribution in [0.3, 0.4) is 0 Å². The van der Waals surface area contributed by atoms with E-state index in [4.69, 9.17) is 4.74 Å². The molecule has 0 spiro atoms. The van der Waals surface area contributed by atoms with Gasteiger partial charge in [-0.15, -0.1) is 0 Å². The number of benzene rings is 3. The smallest absolute Gasteiger partial charge is 0.270 e. The summed E-state index contributed by atoms with van der Waals surface area (Å²) in [7, 11) is -3.31. The Labute approximate surface area is 221 Å². The second-order valence-electron chi connectivity index (χ2n) is 9.06. The molecular formula is C28H30F2N2O5S. The van der Waals surface area contributed by atoms with Crippen LogP contribution in [-0.4, -0.2) is 38.1 Å². The molecule has 0 atom stereocenters. The molecule has 0 aliphatic heterocycles. The third-order valence-electron chi connectivity index (χ3n) is 5.83. The van der Waals surface area contributed by atoms with Crippen LogP contribution in [0.25, 0.3) is 0 Å². The van der Waals surface area contributed by atoms with Crippen LogP contribution in [0.15, 0.2) is 71.6 Å². The van der Waals surface area contributed by atoms with E-state index >= 15 is 0 Å². The summed E-state index contributed by atoms with van der Waals surface area (Å²) in [5.41, 5.74) is 0.265. The Kier molecular flexibility index (Phi) is 8.88. The molecule has 0 saturated carbocycles. The summed E-state index contributed by atoms with van der Waals surface area (Å²) < 4.78 is 56.8. The van der Waals surface area contributed by atoms with Crippen LogP contribution in [0.2, 0.25) is 0 Å². The highest BCUT2D eigenvalue weighted by atomic mass is 32.2. The lowest BCUT2D eigenvalue weighted by Gasteiger charge is -2.32. The highest BCUT2D eigenvalue weighted by molar-refractivity contribution is 7.91. The first-order valence-electron chi connectivity index (χ1n) is 12.0. The van der Waals surface area contributed by atoms with Crippen molar-refractivity contribution in [2.24, 2.45) is 0 Å². The summed E-state index contributed by atoms with van der Waals surface area (Å²) in [5, 5.41) is 2.78. The van der Waals surface area contributed by atoms with Crippen molar-refractivity contribution in [2.45, 2.75) is 44.6 Å². The number of hydrogen-bond donors (Lipinski definition) is 1. The maximum Gasteiger partial charge on any atom is 0.270 e. The van der Waals surface area contributed by atoms with E-state index in [9.17, 15) is 26.8 Å². The molecule has 202 valence electrons. The van der Waals surface area contributed by atoms with E-state index in [2.05, 4.69) is 5.32 Å². The van der Waals surface area contributed by atoms with Crippen LogP contribution in [0, 0.1) is 11.6 Å². The summed E-state index contributed by atoms with van der Waals surface area (Å²) >= 11 is 0. The third-order valence-corrected chi connectivity index (χ3v) is 7.58. The van der Waals surface area contributed by atoms with Crippen molar-refractivity contribution in [3.63, 3.8) is 0 Å². The number of halogens is 2. The topological polar surface area (TPSA) is 92.8 Å². The Balaban J connectivity index is 1.65. The highest BCUT2D eigenvalue weighted by Gasteiger charge is 2.35. The number of nitrogens with one attached hydrogen (secondary N) is 1. The summed E-state index contributed by atoms with van der Waals surface area (Å²) in [6.45, 7) is 6.65. The van der Waals surface area contributed by atoms with Crippen molar-refractivity contribution in [1.82, 2.24) is 0 Å². The van der Waals surface area contributed by atoms with Gasteiger partial charge in [0.25, 0.3) is 5.91 Å². The molecule has 0 aliphatic rings. The van der Waals surface area contributed by atoms with Gasteiger partial charge in [0.05, 0.1) is 17.1 Å². The van der Waals surface area contributed by atoms with Crippen molar-refractivity contribution < 1.29 is 31.5 Å². The van der Waals surface area contributed by atoms with E-state index < -0.39 is 33.0 Å². The molecule has 0 bridgehead atoms. The Morgan fingerprint density at radius 1 is 0.947 bits per heavy atom. The standard InChI is InChI=1S/C28H30F2N2O5S/c1-5-32(27(34)28(3,4)37-25-16-9-20(29)18-24(25)30)22-12-10-21(11-13-22)31-26(33)17-19-7-14-23(15-8-19)38(35,36)6-2/h7-16,18H,5-6,17H2,1-4H3,(H,31,33). The number of nitrogens with zero attached hydrogens (tertiary/aromatic N) is 1. The fourth-order valence-corrected chi connectivity index (χ4v) is 4.63. The lowest BCUT2D eigenvalue weighted by atomic mass is 10.1. The van der Waals surface area contributed by atoms with Gasteiger partial charge in [0.15, 0.2) is 27.0 Å². The molecule has 0 unspecified atom stereocenters. The van der Waals surface area contributed by atoms with Crippen LogP contribution in [0.5, 0.6) is 5.75 Å². The number of rotatable bonds is 10. The number of amides is 2. The van der Waals surface area contributed by atoms with Gasteiger partial charge in [-0.25, -0.2) is 17.2 Å². The van der Waals surface area contributed by atoms with E-state index in [1.54, 1.807) is 50.2 Å². The Hall–Kier alpha value is -3.79. The van der Waals surface area contributed by atoms with Gasteiger partial charge < -0.3 is 15.0 Å². The second kappa shape index (κ2) is 11.7. The van der Waals surface area contributed by atoms with Crippen LogP contribution < -0.4 is 15.0 Å². The van der Waals surface area contributed by atoms with Crippen LogP contribution in [0.4, 0.5) is 20.2 Å². The highest BCUT2D eigenvalue weighted by Crippen LogP contribution is 2.27. The van der Waals surface area contributed by atoms with Crippen molar-refractivity contribution >= 4 is 33.0 Å². The molecule has 10 heteroatoms. The molecule has 3 aromatic rings. The number of likely N-dealkylation sites (N-methyl/N-ethyl adjacent to an activating group) is 1. The Bertz CT molecular complexity index is 1410. The number of carbonyl (C=O) groups is 2. The molecule has 38 heavy (non-hydrogen) atoms. The maximum absolute atomic E-state index is 14.1. The van der Waals surface area contributed by atoms with Gasteiger partial charge in [-0.2, -0.15) is 0 Å². The number of carbonyl (C=O) groups excluding carboxylic acids is 2. The zero-order valence-corrected chi connectivity index (χ0v) is 22.4. The second-order valence-corrected chi connectivity index (χ2v) is 11.3. The Morgan fingerprint density at radius 3 is 2.13 bits per heavy atom. The summed E-state index contributed by atoms with van der Waals surface area (Å²) in [6, 6.07) is 15.7. The normalized spacial score (nSPS) is 11.6. The summed E-state index contributed by atoms with van der Waals surface area (Å²) in [4.78, 5) is 27.4. The fourth-order valence-electron chi connectivity index (χ4n) is 3.74. The molecule has 0 aromatic heterocycles. The minimum Gasteiger partial charge on any atom is -0.475 e. The minimum absolute atomic E-state index is 0.00120. The number of hydrogen-bond acceptors (Lipinski definition) is 5. The van der Waals surface area contributed by atoms with Crippen LogP contribution >= 0.6 is 0 Å². The minimum atomic E-state index is -3.31. The third kappa shape index (κ3) is 6.95. The van der Waals surface area contributed by atoms with Crippen molar-refractivity contribution in [3.8, 4) is 5.75 Å². The molecular weight excluding hydrogens is 514 g/mol. The first kappa shape index (κ1) is 28.8. The Morgan fingerprint density at radius 2 is 1.58 bits per heavy atom. The van der Waals surface area contributed by atoms with Gasteiger partial charge >= 0.3 is 0 Å². The molecule has 0 saturated heterocycles. The monoisotopic (exact) mass is 544 g/mol. The van der Waals surface area contributed by atoms with Gasteiger partial charge in [0.2, 0.25) is 5.91 Å². The molecule has 7 nitrogen and oxygen atoms in total. The summed E-state index contributed by atoms with van der Waals surface area (Å²) in [5.74, 6) is -2.61. The zero-order valence-electron chi connectivity index (χ0n) is 21.6. The lowest BCUT2D eigenvalue weighted by Crippen LogP contribution is -2.49. The van der Waals surface area contributed by atoms with Crippen molar-refractivity contribution in [3.05, 3.63) is 83.9 Å². The molecule has 0 fully saturated rings. The molecule has 3 rings (SSSR count). The van der Waals surface area contributed by atoms with E-state index in [1.807, 2.05) is 0 Å². The number of sulfone groups is 1. The van der Waals surface area contributed by atoms with Crippen molar-refractivity contribution in [2.75, 3.05) is 22.5 Å². The van der Waals surface area contributed by atoms with Crippen LogP contribution in [0.1, 0.15) is 33.3 Å². The van der Waals surface area contributed by atoms with E-state index in [0.29, 0.717) is 29.5 Å². The molecule has 0 heterocycles. The first-order valence-corrected chi connectivity index (χ1v) is 13.7. The maximum atomic E-state index is 14.1. The lowest BCUT2D eigenvalue weighted by molar-refractivity contribution is -0.131. The van der Waals surface area contributed by atoms with Crippen molar-refractivity contribution in [1.29, 1.82) is 0 Å². The largest absolute Gasteiger partial charge is 0.475 e. The average molecular weight is 545 g/mol. The molecule has 1 N–H and O–H groups in total. The molecule has 0 aliphatic carbocycles. The fraction of sp³-hybridized carbons (Fsp3) is 0.286. The molecule has 0 radical (unpaired) electrons. The van der Waals surface area contributed by atoms with Crippen LogP contribution in [-0.2, 0) is 25.8 Å². The SMILES string of the molecule is CCN(C(=O)C(C)(C)Oc1ccc(F)cc1F)c1ccc(NC(=O)Cc2ccc(S(=O)(=O)CC)cc2)cc1. The van der Waals surface area contributed by atoms with Gasteiger partial charge in [-0.3, -0.25) is 9.59 Å². The van der Waals surface area contributed by atoms with Gasteiger partial charge in [-0.1, -0.05) is 19.1 Å². The van der Waals surface area contributed by atoms with Gasteiger partial charge in [0, 0.05) is 24.0 Å². The van der Waals surface area contributed by atoms with Gasteiger partial charge in [0.1, 0.15) is 5.82 Å². The molecule has 3 aromatic carbocycles. The predicted octanol–water partition coefficient (Wildman–Crippen LogP) is 5.15. The average Bonchev–Trinajstić information content (AvgIpc) is 2.87. The summed E-state index contributed by atoms with van der Waals surface area (Å²) in [6.07, 6.45) is 0.0548. The van der Waals surface area contributed by atoms with E-state index in [0.717, 1.165) is 12.1 Å². The van der Waals surface area contributed by atoms with E-state index in [-0.39, 0.29) is 28.7 Å². The predicted molar refractivity (Wildman–Crippen MR) is 142 cm³/mol. The van der Waals surface area contributed by atoms with Gasteiger partial charge in [-0.05, 0) is 74.9 Å². The first-order chi connectivity index (χ1) is 17.9. The quantitative estimate of drug-likeness (QED) is 0.381. The number of anilines is 2. The number of ether oxygens (including phenoxy) is 1. The zero-order chi connectivity index (χ0) is 28.1. The molecule has 2 amide bonds. The van der Waals surface area contributed by atoms with E-state index in [1.165, 1.54) is 30.9 Å².